The molecule has 2 aliphatic heterocycles. The van der Waals surface area contributed by atoms with Crippen molar-refractivity contribution in [1.29, 1.82) is 0 Å². The Hall–Kier alpha value is -2.73. The van der Waals surface area contributed by atoms with Crippen LogP contribution in [0.1, 0.15) is 61.4 Å². The lowest BCUT2D eigenvalue weighted by Crippen LogP contribution is -2.51. The van der Waals surface area contributed by atoms with Crippen LogP contribution in [0.15, 0.2) is 30.3 Å². The monoisotopic (exact) mass is 409 g/mol. The molecule has 0 bridgehead atoms. The van der Waals surface area contributed by atoms with Gasteiger partial charge >= 0.3 is 0 Å². The van der Waals surface area contributed by atoms with E-state index in [1.807, 2.05) is 44.0 Å². The molecule has 30 heavy (non-hydrogen) atoms. The Morgan fingerprint density at radius 1 is 1.03 bits per heavy atom. The first-order valence-corrected chi connectivity index (χ1v) is 10.9. The van der Waals surface area contributed by atoms with Gasteiger partial charge < -0.3 is 10.2 Å². The normalized spacial score (nSPS) is 19.6. The number of nitrogens with one attached hydrogen (secondary N) is 2. The van der Waals surface area contributed by atoms with Gasteiger partial charge in [-0.05, 0) is 55.3 Å². The molecule has 2 saturated heterocycles. The lowest BCUT2D eigenvalue weighted by atomic mass is 9.85. The summed E-state index contributed by atoms with van der Waals surface area (Å²) in [4.78, 5) is 37.6. The van der Waals surface area contributed by atoms with Crippen molar-refractivity contribution in [3.8, 4) is 0 Å². The summed E-state index contributed by atoms with van der Waals surface area (Å²) < 4.78 is 0. The summed E-state index contributed by atoms with van der Waals surface area (Å²) in [5.74, 6) is -0.0483. The van der Waals surface area contributed by atoms with Crippen LogP contribution in [-0.2, 0) is 9.59 Å². The van der Waals surface area contributed by atoms with Gasteiger partial charge in [0.25, 0.3) is 0 Å². The second-order valence-corrected chi connectivity index (χ2v) is 7.66. The number of rotatable bonds is 4. The minimum Gasteiger partial charge on any atom is -0.362 e. The van der Waals surface area contributed by atoms with Crippen LogP contribution in [0.25, 0.3) is 10.8 Å². The highest BCUT2D eigenvalue weighted by Crippen LogP contribution is 2.38. The average Bonchev–Trinajstić information content (AvgIpc) is 2.79. The van der Waals surface area contributed by atoms with Gasteiger partial charge in [0.15, 0.2) is 6.29 Å². The van der Waals surface area contributed by atoms with Gasteiger partial charge in [0.05, 0.1) is 0 Å². The molecule has 2 aromatic carbocycles. The van der Waals surface area contributed by atoms with Crippen molar-refractivity contribution in [2.24, 2.45) is 0 Å². The number of piperidine rings is 2. The van der Waals surface area contributed by atoms with Crippen LogP contribution >= 0.6 is 0 Å². The Kier molecular flexibility index (Phi) is 7.21. The third kappa shape index (κ3) is 4.24. The molecule has 2 N–H and O–H groups in total. The summed E-state index contributed by atoms with van der Waals surface area (Å²) >= 11 is 0. The Labute approximate surface area is 178 Å². The lowest BCUT2D eigenvalue weighted by molar-refractivity contribution is -0.134. The quantitative estimate of drug-likeness (QED) is 0.598. The first-order chi connectivity index (χ1) is 14.6. The van der Waals surface area contributed by atoms with E-state index in [-0.39, 0.29) is 11.8 Å². The zero-order chi connectivity index (χ0) is 21.7. The molecule has 0 saturated carbocycles. The number of hydrogen-bond donors (Lipinski definition) is 2. The third-order valence-corrected chi connectivity index (χ3v) is 6.05. The van der Waals surface area contributed by atoms with E-state index in [1.54, 1.807) is 0 Å². The molecule has 6 heteroatoms. The Balaban J connectivity index is 0.00000124. The van der Waals surface area contributed by atoms with Crippen molar-refractivity contribution in [1.82, 2.24) is 10.6 Å². The number of anilines is 1. The minimum absolute atomic E-state index is 0.227. The molecule has 2 aliphatic rings. The fourth-order valence-electron chi connectivity index (χ4n) is 4.54. The lowest BCUT2D eigenvalue weighted by Gasteiger charge is -2.33. The zero-order valence-corrected chi connectivity index (χ0v) is 18.0. The molecule has 0 aromatic heterocycles. The van der Waals surface area contributed by atoms with Crippen molar-refractivity contribution in [2.75, 3.05) is 25.0 Å². The molecule has 2 aromatic rings. The Morgan fingerprint density at radius 2 is 1.77 bits per heavy atom. The van der Waals surface area contributed by atoms with E-state index in [4.69, 9.17) is 0 Å². The fourth-order valence-corrected chi connectivity index (χ4v) is 4.54. The van der Waals surface area contributed by atoms with Gasteiger partial charge in [0.1, 0.15) is 6.04 Å². The van der Waals surface area contributed by atoms with Gasteiger partial charge in [0, 0.05) is 30.1 Å². The molecule has 0 radical (unpaired) electrons. The fraction of sp³-hybridized carbons (Fsp3) is 0.458. The highest BCUT2D eigenvalue weighted by Gasteiger charge is 2.31. The van der Waals surface area contributed by atoms with E-state index in [0.29, 0.717) is 24.3 Å². The van der Waals surface area contributed by atoms with Gasteiger partial charge in [-0.15, -0.1) is 0 Å². The number of fused-ring (bicyclic) bond motifs is 1. The summed E-state index contributed by atoms with van der Waals surface area (Å²) in [7, 11) is 1.86. The van der Waals surface area contributed by atoms with Crippen LogP contribution in [0.3, 0.4) is 0 Å². The maximum Gasteiger partial charge on any atom is 0.249 e. The highest BCUT2D eigenvalue weighted by atomic mass is 16.2. The van der Waals surface area contributed by atoms with Gasteiger partial charge in [-0.2, -0.15) is 0 Å². The second kappa shape index (κ2) is 9.85. The van der Waals surface area contributed by atoms with Crippen molar-refractivity contribution in [3.63, 3.8) is 0 Å². The van der Waals surface area contributed by atoms with E-state index in [2.05, 4.69) is 22.8 Å². The maximum atomic E-state index is 12.4. The molecule has 160 valence electrons. The van der Waals surface area contributed by atoms with Gasteiger partial charge in [0.2, 0.25) is 11.8 Å². The number of benzene rings is 2. The molecule has 0 aliphatic carbocycles. The Morgan fingerprint density at radius 3 is 2.43 bits per heavy atom. The largest absolute Gasteiger partial charge is 0.362 e. The molecule has 4 rings (SSSR count). The summed E-state index contributed by atoms with van der Waals surface area (Å²) in [5, 5.41) is 7.79. The smallest absolute Gasteiger partial charge is 0.249 e. The predicted octanol–water partition coefficient (Wildman–Crippen LogP) is 3.39. The summed E-state index contributed by atoms with van der Waals surface area (Å²) in [6.45, 7) is 5.99. The molecule has 6 nitrogen and oxygen atoms in total. The van der Waals surface area contributed by atoms with Gasteiger partial charge in [-0.25, -0.2) is 0 Å². The van der Waals surface area contributed by atoms with E-state index >= 15 is 0 Å². The van der Waals surface area contributed by atoms with E-state index in [0.717, 1.165) is 48.7 Å². The summed E-state index contributed by atoms with van der Waals surface area (Å²) in [6.07, 6.45) is 3.83. The molecule has 2 heterocycles. The van der Waals surface area contributed by atoms with E-state index < -0.39 is 6.04 Å². The standard InChI is InChI=1S/C22H25N3O3.C2H6/c1-25(19-7-8-20(27)24-22(19)28)18-6-5-16(14-9-11-23-12-10-14)17-4-2-3-15(13-26)21(17)18;1-2/h2-6,13-14,19,23H,7-12H2,1H3,(H,24,27,28);1-2H3. The first kappa shape index (κ1) is 22.0. The second-order valence-electron chi connectivity index (χ2n) is 7.66. The van der Waals surface area contributed by atoms with Gasteiger partial charge in [-0.3, -0.25) is 19.7 Å². The number of amides is 2. The van der Waals surface area contributed by atoms with Gasteiger partial charge in [-0.1, -0.05) is 38.1 Å². The van der Waals surface area contributed by atoms with Crippen LogP contribution in [0.5, 0.6) is 0 Å². The molecule has 1 unspecified atom stereocenters. The number of carbonyl (C=O) groups excluding carboxylic acids is 3. The third-order valence-electron chi connectivity index (χ3n) is 6.05. The van der Waals surface area contributed by atoms with Crippen LogP contribution in [-0.4, -0.2) is 44.3 Å². The number of aldehydes is 1. The maximum absolute atomic E-state index is 12.4. The number of hydrogen-bond acceptors (Lipinski definition) is 5. The number of likely N-dealkylation sites (N-methyl/N-ethyl adjacent to an activating group) is 1. The summed E-state index contributed by atoms with van der Waals surface area (Å²) in [5.41, 5.74) is 2.74. The average molecular weight is 410 g/mol. The van der Waals surface area contributed by atoms with Crippen LogP contribution in [0, 0.1) is 0 Å². The number of nitrogens with zero attached hydrogens (tertiary/aromatic N) is 1. The van der Waals surface area contributed by atoms with Crippen molar-refractivity contribution >= 4 is 34.6 Å². The minimum atomic E-state index is -0.426. The summed E-state index contributed by atoms with van der Waals surface area (Å²) in [6, 6.07) is 9.56. The van der Waals surface area contributed by atoms with Crippen molar-refractivity contribution < 1.29 is 14.4 Å². The molecular formula is C24H31N3O3. The van der Waals surface area contributed by atoms with Crippen LogP contribution < -0.4 is 15.5 Å². The van der Waals surface area contributed by atoms with E-state index in [9.17, 15) is 14.4 Å². The van der Waals surface area contributed by atoms with Crippen LogP contribution in [0.2, 0.25) is 0 Å². The number of carbonyl (C=O) groups is 3. The van der Waals surface area contributed by atoms with Crippen molar-refractivity contribution in [3.05, 3.63) is 41.5 Å². The Bertz CT molecular complexity index is 935. The zero-order valence-electron chi connectivity index (χ0n) is 18.0. The molecule has 2 fully saturated rings. The van der Waals surface area contributed by atoms with E-state index in [1.165, 1.54) is 5.56 Å². The molecule has 2 amide bonds. The molecule has 0 spiro atoms. The SMILES string of the molecule is CC.CN(c1ccc(C2CCNCC2)c2cccc(C=O)c12)C1CCC(=O)NC1=O. The topological polar surface area (TPSA) is 78.5 Å². The first-order valence-electron chi connectivity index (χ1n) is 10.9. The highest BCUT2D eigenvalue weighted by molar-refractivity contribution is 6.08. The van der Waals surface area contributed by atoms with Crippen molar-refractivity contribution in [2.45, 2.75) is 51.5 Å². The number of imide groups is 1. The van der Waals surface area contributed by atoms with Crippen LogP contribution in [0.4, 0.5) is 5.69 Å². The molecule has 1 atom stereocenters. The predicted molar refractivity (Wildman–Crippen MR) is 120 cm³/mol. The molecular weight excluding hydrogens is 378 g/mol.